The number of sulfonamides is 1. The molecule has 0 radical (unpaired) electrons. The number of piperidine rings is 1. The number of dihydropyridines is 1. The standard InChI is InChI=1S/C24H31N5O4S/c1-15(2)33-20-6-5-16(13-25-20)34(31,32)29-9-7-24(8-10-29)17-14-26-28-22(17)27-18-11-23(3,4)12-19(30)21(18)24/h5-6,13,15,27H,7-12,14H2,1-4H3. The van der Waals surface area contributed by atoms with E-state index in [1.54, 1.807) is 6.07 Å². The first kappa shape index (κ1) is 23.2. The van der Waals surface area contributed by atoms with Gasteiger partial charge in [-0.25, -0.2) is 13.4 Å². The summed E-state index contributed by atoms with van der Waals surface area (Å²) in [5.74, 6) is 1.29. The predicted octanol–water partition coefficient (Wildman–Crippen LogP) is 3.56. The first-order chi connectivity index (χ1) is 16.0. The predicted molar refractivity (Wildman–Crippen MR) is 125 cm³/mol. The summed E-state index contributed by atoms with van der Waals surface area (Å²) in [4.78, 5) is 17.7. The Hall–Kier alpha value is -2.59. The van der Waals surface area contributed by atoms with E-state index in [0.717, 1.165) is 29.1 Å². The topological polar surface area (TPSA) is 113 Å². The maximum absolute atomic E-state index is 13.4. The van der Waals surface area contributed by atoms with E-state index in [4.69, 9.17) is 4.74 Å². The zero-order valence-electron chi connectivity index (χ0n) is 20.1. The van der Waals surface area contributed by atoms with Gasteiger partial charge in [-0.2, -0.15) is 9.42 Å². The molecular formula is C24H31N5O4S. The summed E-state index contributed by atoms with van der Waals surface area (Å²) in [6.45, 7) is 9.06. The van der Waals surface area contributed by atoms with E-state index >= 15 is 0 Å². The molecule has 1 saturated heterocycles. The van der Waals surface area contributed by atoms with Crippen LogP contribution in [-0.2, 0) is 14.8 Å². The summed E-state index contributed by atoms with van der Waals surface area (Å²) in [6.07, 6.45) is 3.63. The van der Waals surface area contributed by atoms with Crippen LogP contribution in [-0.4, -0.2) is 49.2 Å². The number of ketones is 1. The molecule has 1 spiro atoms. The molecule has 10 heteroatoms. The van der Waals surface area contributed by atoms with Gasteiger partial charge in [-0.05, 0) is 44.6 Å². The second-order valence-electron chi connectivity index (χ2n) is 10.6. The largest absolute Gasteiger partial charge is 0.475 e. The van der Waals surface area contributed by atoms with Crippen LogP contribution >= 0.6 is 0 Å². The fourth-order valence-electron chi connectivity index (χ4n) is 5.71. The molecule has 5 rings (SSSR count). The van der Waals surface area contributed by atoms with Gasteiger partial charge in [0.25, 0.3) is 0 Å². The molecule has 1 aromatic heterocycles. The maximum atomic E-state index is 13.4. The minimum Gasteiger partial charge on any atom is -0.475 e. The highest BCUT2D eigenvalue weighted by molar-refractivity contribution is 7.89. The molecule has 1 N–H and O–H groups in total. The highest BCUT2D eigenvalue weighted by atomic mass is 32.2. The van der Waals surface area contributed by atoms with Crippen molar-refractivity contribution in [2.24, 2.45) is 21.1 Å². The Labute approximate surface area is 200 Å². The Bertz CT molecular complexity index is 1220. The van der Waals surface area contributed by atoms with Crippen LogP contribution in [0.2, 0.25) is 0 Å². The Kier molecular flexibility index (Phi) is 5.44. The number of azo groups is 1. The fraction of sp³-hybridized carbons (Fsp3) is 0.583. The highest BCUT2D eigenvalue weighted by Gasteiger charge is 2.53. The Morgan fingerprint density at radius 1 is 1.15 bits per heavy atom. The van der Waals surface area contributed by atoms with Crippen molar-refractivity contribution in [3.63, 3.8) is 0 Å². The lowest BCUT2D eigenvalue weighted by Crippen LogP contribution is -2.50. The maximum Gasteiger partial charge on any atom is 0.244 e. The quantitative estimate of drug-likeness (QED) is 0.698. The van der Waals surface area contributed by atoms with Gasteiger partial charge in [0.2, 0.25) is 15.9 Å². The van der Waals surface area contributed by atoms with Crippen molar-refractivity contribution in [3.8, 4) is 5.88 Å². The number of hydrogen-bond donors (Lipinski definition) is 1. The molecule has 1 aromatic rings. The number of nitrogens with one attached hydrogen (secondary N) is 1. The van der Waals surface area contributed by atoms with Gasteiger partial charge in [-0.15, -0.1) is 5.11 Å². The van der Waals surface area contributed by atoms with Gasteiger partial charge in [0.1, 0.15) is 4.90 Å². The Morgan fingerprint density at radius 2 is 1.88 bits per heavy atom. The van der Waals surface area contributed by atoms with Gasteiger partial charge >= 0.3 is 0 Å². The first-order valence-corrected chi connectivity index (χ1v) is 13.2. The second kappa shape index (κ2) is 7.98. The lowest BCUT2D eigenvalue weighted by atomic mass is 9.60. The highest BCUT2D eigenvalue weighted by Crippen LogP contribution is 2.55. The number of nitrogens with zero attached hydrogens (tertiary/aromatic N) is 4. The van der Waals surface area contributed by atoms with Crippen LogP contribution < -0.4 is 10.1 Å². The van der Waals surface area contributed by atoms with Crippen LogP contribution in [0, 0.1) is 10.8 Å². The number of allylic oxidation sites excluding steroid dienone is 2. The minimum atomic E-state index is -3.71. The fourth-order valence-corrected chi connectivity index (χ4v) is 7.09. The summed E-state index contributed by atoms with van der Waals surface area (Å²) < 4.78 is 33.7. The molecule has 0 saturated carbocycles. The number of carbonyl (C=O) groups excluding carboxylic acids is 1. The molecule has 0 atom stereocenters. The van der Waals surface area contributed by atoms with E-state index in [1.807, 2.05) is 13.8 Å². The monoisotopic (exact) mass is 485 g/mol. The van der Waals surface area contributed by atoms with Crippen LogP contribution in [0.15, 0.2) is 56.1 Å². The van der Waals surface area contributed by atoms with Gasteiger partial charge in [0.15, 0.2) is 11.6 Å². The van der Waals surface area contributed by atoms with E-state index in [9.17, 15) is 13.2 Å². The van der Waals surface area contributed by atoms with E-state index in [0.29, 0.717) is 44.8 Å². The van der Waals surface area contributed by atoms with Crippen molar-refractivity contribution in [3.05, 3.63) is 41.0 Å². The number of aromatic nitrogens is 1. The number of hydrogen-bond acceptors (Lipinski definition) is 8. The SMILES string of the molecule is CC(C)Oc1ccc(S(=O)(=O)N2CCC3(CC2)C2=C(N=NC2)NC2=C3C(=O)CC(C)(C)C2)cn1. The average Bonchev–Trinajstić information content (AvgIpc) is 3.22. The number of Topliss-reactive ketones (excluding diaryl/α,β-unsaturated/α-hetero) is 1. The molecule has 3 aliphatic heterocycles. The number of rotatable bonds is 4. The molecule has 4 heterocycles. The molecule has 1 fully saturated rings. The Balaban J connectivity index is 1.42. The van der Waals surface area contributed by atoms with Crippen molar-refractivity contribution < 1.29 is 17.9 Å². The van der Waals surface area contributed by atoms with Gasteiger partial charge in [-0.1, -0.05) is 13.8 Å². The summed E-state index contributed by atoms with van der Waals surface area (Å²) in [6, 6.07) is 3.13. The molecule has 0 amide bonds. The number of carbonyl (C=O) groups is 1. The van der Waals surface area contributed by atoms with Crippen molar-refractivity contribution in [1.29, 1.82) is 0 Å². The smallest absolute Gasteiger partial charge is 0.244 e. The average molecular weight is 486 g/mol. The molecule has 1 aliphatic carbocycles. The minimum absolute atomic E-state index is 0.0428. The number of fused-ring (bicyclic) bond motifs is 2. The summed E-state index contributed by atoms with van der Waals surface area (Å²) in [7, 11) is -3.71. The van der Waals surface area contributed by atoms with E-state index < -0.39 is 15.4 Å². The summed E-state index contributed by atoms with van der Waals surface area (Å²) in [5.41, 5.74) is 2.15. The third kappa shape index (κ3) is 3.76. The third-order valence-corrected chi connectivity index (χ3v) is 9.05. The number of pyridine rings is 1. The molecule has 34 heavy (non-hydrogen) atoms. The summed E-state index contributed by atoms with van der Waals surface area (Å²) >= 11 is 0. The van der Waals surface area contributed by atoms with E-state index in [2.05, 4.69) is 34.4 Å². The second-order valence-corrected chi connectivity index (χ2v) is 12.6. The molecule has 0 bridgehead atoms. The van der Waals surface area contributed by atoms with Crippen molar-refractivity contribution in [1.82, 2.24) is 14.6 Å². The van der Waals surface area contributed by atoms with Crippen LogP contribution in [0.25, 0.3) is 0 Å². The zero-order chi connectivity index (χ0) is 24.3. The van der Waals surface area contributed by atoms with E-state index in [1.165, 1.54) is 16.6 Å². The van der Waals surface area contributed by atoms with Gasteiger partial charge in [0.05, 0.1) is 18.8 Å². The Morgan fingerprint density at radius 3 is 2.53 bits per heavy atom. The normalized spacial score (nSPS) is 23.9. The lowest BCUT2D eigenvalue weighted by Gasteiger charge is -2.48. The molecule has 9 nitrogen and oxygen atoms in total. The van der Waals surface area contributed by atoms with E-state index in [-0.39, 0.29) is 22.2 Å². The molecule has 4 aliphatic rings. The third-order valence-electron chi connectivity index (χ3n) is 7.17. The number of ether oxygens (including phenoxy) is 1. The van der Waals surface area contributed by atoms with Crippen molar-refractivity contribution in [2.45, 2.75) is 64.4 Å². The first-order valence-electron chi connectivity index (χ1n) is 11.8. The van der Waals surface area contributed by atoms with Crippen molar-refractivity contribution >= 4 is 15.8 Å². The summed E-state index contributed by atoms with van der Waals surface area (Å²) in [5, 5.41) is 11.9. The van der Waals surface area contributed by atoms with Crippen LogP contribution in [0.4, 0.5) is 0 Å². The van der Waals surface area contributed by atoms with Crippen LogP contribution in [0.5, 0.6) is 5.88 Å². The molecule has 182 valence electrons. The molecular weight excluding hydrogens is 454 g/mol. The van der Waals surface area contributed by atoms with Gasteiger partial charge < -0.3 is 10.1 Å². The van der Waals surface area contributed by atoms with Gasteiger partial charge in [-0.3, -0.25) is 4.79 Å². The molecule has 0 unspecified atom stereocenters. The zero-order valence-corrected chi connectivity index (χ0v) is 20.9. The molecule has 0 aromatic carbocycles. The van der Waals surface area contributed by atoms with Gasteiger partial charge in [0, 0.05) is 47.8 Å². The van der Waals surface area contributed by atoms with Crippen molar-refractivity contribution in [2.75, 3.05) is 19.6 Å². The van der Waals surface area contributed by atoms with Crippen LogP contribution in [0.3, 0.4) is 0 Å². The van der Waals surface area contributed by atoms with Crippen LogP contribution in [0.1, 0.15) is 53.4 Å². The lowest BCUT2D eigenvalue weighted by molar-refractivity contribution is -0.119.